The summed E-state index contributed by atoms with van der Waals surface area (Å²) in [6.07, 6.45) is 1.04. The van der Waals surface area contributed by atoms with Crippen LogP contribution >= 0.6 is 0 Å². The smallest absolute Gasteiger partial charge is 0.243 e. The van der Waals surface area contributed by atoms with Crippen LogP contribution in [0.1, 0.15) is 19.4 Å². The van der Waals surface area contributed by atoms with Crippen LogP contribution in [0, 0.1) is 0 Å². The molecule has 0 aliphatic carbocycles. The Morgan fingerprint density at radius 1 is 1.44 bits per heavy atom. The van der Waals surface area contributed by atoms with E-state index in [1.807, 2.05) is 19.1 Å². The molecule has 1 aliphatic heterocycles. The van der Waals surface area contributed by atoms with Crippen LogP contribution in [0.2, 0.25) is 0 Å². The van der Waals surface area contributed by atoms with Gasteiger partial charge < -0.3 is 15.4 Å². The number of benzene rings is 1. The fourth-order valence-electron chi connectivity index (χ4n) is 1.91. The number of fused-ring (bicyclic) bond motifs is 1. The average Bonchev–Trinajstić information content (AvgIpc) is 2.66. The number of amides is 2. The van der Waals surface area contributed by atoms with Crippen LogP contribution in [0.3, 0.4) is 0 Å². The number of ether oxygens (including phenoxy) is 1. The lowest BCUT2D eigenvalue weighted by Gasteiger charge is -2.07. The Morgan fingerprint density at radius 3 is 2.94 bits per heavy atom. The Labute approximate surface area is 106 Å². The van der Waals surface area contributed by atoms with Gasteiger partial charge in [0.2, 0.25) is 11.8 Å². The average molecular weight is 248 g/mol. The fraction of sp³-hybridized carbons (Fsp3) is 0.385. The lowest BCUT2D eigenvalue weighted by atomic mass is 10.1. The van der Waals surface area contributed by atoms with Crippen LogP contribution < -0.4 is 15.4 Å². The number of nitrogens with one attached hydrogen (secondary N) is 2. The Balaban J connectivity index is 1.96. The van der Waals surface area contributed by atoms with Crippen LogP contribution in [0.5, 0.6) is 5.75 Å². The Bertz CT molecular complexity index is 485. The molecule has 1 aromatic rings. The maximum atomic E-state index is 11.5. The minimum absolute atomic E-state index is 0.0146. The fourth-order valence-corrected chi connectivity index (χ4v) is 1.91. The Morgan fingerprint density at radius 2 is 2.22 bits per heavy atom. The Kier molecular flexibility index (Phi) is 3.50. The van der Waals surface area contributed by atoms with Crippen LogP contribution in [0.4, 0.5) is 5.69 Å². The minimum atomic E-state index is -0.239. The predicted octanol–water partition coefficient (Wildman–Crippen LogP) is 1.08. The van der Waals surface area contributed by atoms with Gasteiger partial charge in [0.05, 0.1) is 6.54 Å². The first kappa shape index (κ1) is 12.4. The van der Waals surface area contributed by atoms with Crippen molar-refractivity contribution in [3.63, 3.8) is 0 Å². The van der Waals surface area contributed by atoms with E-state index in [9.17, 15) is 9.59 Å². The van der Waals surface area contributed by atoms with Crippen LogP contribution in [0.25, 0.3) is 0 Å². The van der Waals surface area contributed by atoms with E-state index >= 15 is 0 Å². The summed E-state index contributed by atoms with van der Waals surface area (Å²) in [5.74, 6) is 0.417. The van der Waals surface area contributed by atoms with Gasteiger partial charge in [0.25, 0.3) is 0 Å². The van der Waals surface area contributed by atoms with Gasteiger partial charge in [-0.25, -0.2) is 0 Å². The van der Waals surface area contributed by atoms with Crippen molar-refractivity contribution in [1.29, 1.82) is 0 Å². The normalized spacial score (nSPS) is 16.7. The molecule has 1 atom stereocenters. The lowest BCUT2D eigenvalue weighted by molar-refractivity contribution is -0.122. The molecule has 2 rings (SSSR count). The van der Waals surface area contributed by atoms with Crippen molar-refractivity contribution >= 4 is 17.5 Å². The summed E-state index contributed by atoms with van der Waals surface area (Å²) < 4.78 is 5.58. The molecule has 0 aromatic heterocycles. The number of anilines is 1. The summed E-state index contributed by atoms with van der Waals surface area (Å²) in [6, 6.07) is 5.56. The largest absolute Gasteiger partial charge is 0.490 e. The first-order valence-corrected chi connectivity index (χ1v) is 5.88. The van der Waals surface area contributed by atoms with E-state index < -0.39 is 0 Å². The van der Waals surface area contributed by atoms with Gasteiger partial charge in [0, 0.05) is 19.0 Å². The zero-order chi connectivity index (χ0) is 13.1. The number of rotatable bonds is 3. The second kappa shape index (κ2) is 5.08. The number of carbonyl (C=O) groups excluding carboxylic acids is 2. The monoisotopic (exact) mass is 248 g/mol. The number of carbonyl (C=O) groups is 2. The number of hydrogen-bond acceptors (Lipinski definition) is 3. The first-order valence-electron chi connectivity index (χ1n) is 5.88. The Hall–Kier alpha value is -2.04. The van der Waals surface area contributed by atoms with Gasteiger partial charge in [-0.05, 0) is 30.7 Å². The van der Waals surface area contributed by atoms with Gasteiger partial charge in [-0.3, -0.25) is 9.59 Å². The second-order valence-electron chi connectivity index (χ2n) is 4.41. The molecule has 0 bridgehead atoms. The molecule has 0 saturated carbocycles. The van der Waals surface area contributed by atoms with Crippen molar-refractivity contribution in [2.24, 2.45) is 0 Å². The van der Waals surface area contributed by atoms with E-state index in [1.165, 1.54) is 6.92 Å². The highest BCUT2D eigenvalue weighted by molar-refractivity contribution is 5.94. The highest BCUT2D eigenvalue weighted by atomic mass is 16.5. The molecule has 0 radical (unpaired) electrons. The maximum absolute atomic E-state index is 11.5. The summed E-state index contributed by atoms with van der Waals surface area (Å²) in [5, 5.41) is 5.18. The number of hydrogen-bond donors (Lipinski definition) is 2. The van der Waals surface area contributed by atoms with Gasteiger partial charge in [-0.1, -0.05) is 0 Å². The summed E-state index contributed by atoms with van der Waals surface area (Å²) in [6.45, 7) is 3.37. The van der Waals surface area contributed by atoms with Crippen molar-refractivity contribution < 1.29 is 14.3 Å². The lowest BCUT2D eigenvalue weighted by Crippen LogP contribution is -2.31. The zero-order valence-electron chi connectivity index (χ0n) is 10.4. The van der Waals surface area contributed by atoms with Crippen LogP contribution in [-0.4, -0.2) is 24.5 Å². The highest BCUT2D eigenvalue weighted by Gasteiger charge is 2.19. The van der Waals surface area contributed by atoms with Crippen LogP contribution in [-0.2, 0) is 16.0 Å². The summed E-state index contributed by atoms with van der Waals surface area (Å²) >= 11 is 0. The summed E-state index contributed by atoms with van der Waals surface area (Å²) in [4.78, 5) is 22.2. The molecule has 0 spiro atoms. The molecule has 1 unspecified atom stereocenters. The van der Waals surface area contributed by atoms with E-state index in [0.29, 0.717) is 0 Å². The van der Waals surface area contributed by atoms with E-state index in [2.05, 4.69) is 10.6 Å². The van der Waals surface area contributed by atoms with Crippen molar-refractivity contribution in [2.75, 3.05) is 11.9 Å². The molecular formula is C13H16N2O3. The van der Waals surface area contributed by atoms with E-state index in [4.69, 9.17) is 4.74 Å². The molecule has 2 amide bonds. The quantitative estimate of drug-likeness (QED) is 0.841. The molecule has 1 aromatic carbocycles. The van der Waals surface area contributed by atoms with Gasteiger partial charge >= 0.3 is 0 Å². The second-order valence-corrected chi connectivity index (χ2v) is 4.41. The third kappa shape index (κ3) is 3.00. The molecule has 0 saturated heterocycles. The van der Waals surface area contributed by atoms with E-state index in [1.54, 1.807) is 6.07 Å². The van der Waals surface area contributed by atoms with E-state index in [-0.39, 0.29) is 24.5 Å². The summed E-state index contributed by atoms with van der Waals surface area (Å²) in [7, 11) is 0. The van der Waals surface area contributed by atoms with Gasteiger partial charge in [0.15, 0.2) is 0 Å². The minimum Gasteiger partial charge on any atom is -0.490 e. The van der Waals surface area contributed by atoms with Crippen molar-refractivity contribution in [2.45, 2.75) is 26.4 Å². The molecule has 5 nitrogen and oxygen atoms in total. The molecular weight excluding hydrogens is 232 g/mol. The summed E-state index contributed by atoms with van der Waals surface area (Å²) in [5.41, 5.74) is 1.82. The SMILES string of the molecule is CC(=O)NCC(=O)Nc1ccc2c(c1)CC(C)O2. The maximum Gasteiger partial charge on any atom is 0.243 e. The highest BCUT2D eigenvalue weighted by Crippen LogP contribution is 2.30. The molecule has 1 heterocycles. The molecule has 96 valence electrons. The van der Waals surface area contributed by atoms with Crippen molar-refractivity contribution in [3.8, 4) is 5.75 Å². The van der Waals surface area contributed by atoms with E-state index in [0.717, 1.165) is 23.4 Å². The predicted molar refractivity (Wildman–Crippen MR) is 67.5 cm³/mol. The standard InChI is InChI=1S/C13H16N2O3/c1-8-5-10-6-11(3-4-12(10)18-8)15-13(17)7-14-9(2)16/h3-4,6,8H,5,7H2,1-2H3,(H,14,16)(H,15,17). The van der Waals surface area contributed by atoms with Crippen molar-refractivity contribution in [3.05, 3.63) is 23.8 Å². The molecule has 1 aliphatic rings. The molecule has 5 heteroatoms. The van der Waals surface area contributed by atoms with Gasteiger partial charge in [-0.2, -0.15) is 0 Å². The first-order chi connectivity index (χ1) is 8.54. The molecule has 18 heavy (non-hydrogen) atoms. The zero-order valence-corrected chi connectivity index (χ0v) is 10.4. The van der Waals surface area contributed by atoms with Crippen molar-refractivity contribution in [1.82, 2.24) is 5.32 Å². The molecule has 0 fully saturated rings. The van der Waals surface area contributed by atoms with Gasteiger partial charge in [-0.15, -0.1) is 0 Å². The van der Waals surface area contributed by atoms with Gasteiger partial charge in [0.1, 0.15) is 11.9 Å². The topological polar surface area (TPSA) is 67.4 Å². The third-order valence-corrected chi connectivity index (χ3v) is 2.68. The molecule has 2 N–H and O–H groups in total. The third-order valence-electron chi connectivity index (χ3n) is 2.68. The van der Waals surface area contributed by atoms with Crippen LogP contribution in [0.15, 0.2) is 18.2 Å².